The third kappa shape index (κ3) is 3.37. The number of aliphatic imine (C=N–C) groups is 1. The number of anilines is 1. The molecular formula is C13H15F4N3O. The van der Waals surface area contributed by atoms with Crippen LogP contribution in [0.1, 0.15) is 12.5 Å². The Labute approximate surface area is 119 Å². The van der Waals surface area contributed by atoms with Gasteiger partial charge in [0.05, 0.1) is 5.69 Å². The number of halogens is 4. The minimum atomic E-state index is -4.76. The molecule has 0 aromatic heterocycles. The molecule has 1 aromatic rings. The largest absolute Gasteiger partial charge is 0.463 e. The lowest BCUT2D eigenvalue weighted by atomic mass is 10.1. The highest BCUT2D eigenvalue weighted by molar-refractivity contribution is 5.73. The second-order valence-corrected chi connectivity index (χ2v) is 4.60. The lowest BCUT2D eigenvalue weighted by molar-refractivity contribution is -0.139. The summed E-state index contributed by atoms with van der Waals surface area (Å²) >= 11 is 0. The predicted octanol–water partition coefficient (Wildman–Crippen LogP) is 2.38. The first kappa shape index (κ1) is 15.4. The Bertz CT molecular complexity index is 545. The second-order valence-electron chi connectivity index (χ2n) is 4.60. The average Bonchev–Trinajstić information content (AvgIpc) is 2.79. The van der Waals surface area contributed by atoms with Gasteiger partial charge in [-0.3, -0.25) is 0 Å². The van der Waals surface area contributed by atoms with Gasteiger partial charge in [0.2, 0.25) is 0 Å². The van der Waals surface area contributed by atoms with E-state index in [1.807, 2.05) is 0 Å². The lowest BCUT2D eigenvalue weighted by Crippen LogP contribution is -2.34. The number of alkyl halides is 3. The average molecular weight is 305 g/mol. The molecule has 1 aliphatic rings. The molecule has 1 aliphatic heterocycles. The Morgan fingerprint density at radius 2 is 2.14 bits per heavy atom. The van der Waals surface area contributed by atoms with E-state index in [1.54, 1.807) is 6.92 Å². The number of amidine groups is 1. The molecule has 1 heterocycles. The number of nitrogens with zero attached hydrogens (tertiary/aromatic N) is 2. The van der Waals surface area contributed by atoms with Crippen molar-refractivity contribution >= 4 is 11.7 Å². The third-order valence-electron chi connectivity index (χ3n) is 3.16. The Morgan fingerprint density at radius 3 is 2.67 bits per heavy atom. The summed E-state index contributed by atoms with van der Waals surface area (Å²) in [7, 11) is 0. The van der Waals surface area contributed by atoms with Crippen LogP contribution in [0.25, 0.3) is 0 Å². The number of rotatable bonds is 4. The summed E-state index contributed by atoms with van der Waals surface area (Å²) in [6.07, 6.45) is -4.76. The van der Waals surface area contributed by atoms with Gasteiger partial charge in [-0.05, 0) is 19.1 Å². The normalized spacial score (nSPS) is 18.3. The van der Waals surface area contributed by atoms with E-state index in [2.05, 4.69) is 4.99 Å². The maximum atomic E-state index is 13.6. The van der Waals surface area contributed by atoms with Gasteiger partial charge in [0, 0.05) is 13.1 Å². The summed E-state index contributed by atoms with van der Waals surface area (Å²) < 4.78 is 57.7. The van der Waals surface area contributed by atoms with Crippen molar-refractivity contribution in [2.45, 2.75) is 19.1 Å². The maximum Gasteiger partial charge on any atom is 0.421 e. The molecule has 0 aliphatic carbocycles. The van der Waals surface area contributed by atoms with Crippen LogP contribution in [-0.2, 0) is 10.9 Å². The van der Waals surface area contributed by atoms with E-state index >= 15 is 0 Å². The molecule has 2 rings (SSSR count). The molecule has 21 heavy (non-hydrogen) atoms. The van der Waals surface area contributed by atoms with Crippen molar-refractivity contribution in [3.8, 4) is 0 Å². The molecule has 1 atom stereocenters. The van der Waals surface area contributed by atoms with Gasteiger partial charge in [-0.15, -0.1) is 0 Å². The highest BCUT2D eigenvalue weighted by Crippen LogP contribution is 2.38. The van der Waals surface area contributed by atoms with Gasteiger partial charge in [-0.1, -0.05) is 6.07 Å². The van der Waals surface area contributed by atoms with Gasteiger partial charge < -0.3 is 15.4 Å². The molecule has 0 unspecified atom stereocenters. The summed E-state index contributed by atoms with van der Waals surface area (Å²) in [6.45, 7) is 2.34. The quantitative estimate of drug-likeness (QED) is 0.869. The van der Waals surface area contributed by atoms with E-state index < -0.39 is 17.6 Å². The van der Waals surface area contributed by atoms with Crippen LogP contribution in [0.4, 0.5) is 23.2 Å². The number of benzene rings is 1. The smallest absolute Gasteiger partial charge is 0.421 e. The van der Waals surface area contributed by atoms with Crippen molar-refractivity contribution in [3.05, 3.63) is 29.6 Å². The molecule has 0 fully saturated rings. The Morgan fingerprint density at radius 1 is 1.43 bits per heavy atom. The molecule has 0 saturated heterocycles. The molecule has 0 saturated carbocycles. The highest BCUT2D eigenvalue weighted by Gasteiger charge is 2.38. The van der Waals surface area contributed by atoms with Gasteiger partial charge in [0.15, 0.2) is 0 Å². The Kier molecular flexibility index (Phi) is 4.24. The molecule has 0 bridgehead atoms. The predicted molar refractivity (Wildman–Crippen MR) is 70.7 cm³/mol. The standard InChI is InChI=1S/C13H15F4N3O/c1-2-20(6-8-7-21-12(18)19-8)10-5-3-4-9(14)11(10)13(15,16)17/h3-5,8H,2,6-7H2,1H3,(H2,18,19)/t8-/m1/s1. The monoisotopic (exact) mass is 305 g/mol. The van der Waals surface area contributed by atoms with Gasteiger partial charge in [-0.2, -0.15) is 13.2 Å². The Hall–Kier alpha value is -1.99. The Balaban J connectivity index is 2.32. The van der Waals surface area contributed by atoms with E-state index in [-0.39, 0.29) is 37.4 Å². The van der Waals surface area contributed by atoms with E-state index in [1.165, 1.54) is 17.0 Å². The molecule has 1 aromatic carbocycles. The fourth-order valence-electron chi connectivity index (χ4n) is 2.24. The van der Waals surface area contributed by atoms with Crippen LogP contribution in [0, 0.1) is 5.82 Å². The van der Waals surface area contributed by atoms with E-state index in [0.29, 0.717) is 0 Å². The van der Waals surface area contributed by atoms with E-state index in [4.69, 9.17) is 10.5 Å². The summed E-state index contributed by atoms with van der Waals surface area (Å²) in [5.41, 5.74) is 3.91. The first-order chi connectivity index (χ1) is 9.82. The molecule has 0 radical (unpaired) electrons. The van der Waals surface area contributed by atoms with Gasteiger partial charge in [-0.25, -0.2) is 9.38 Å². The highest BCUT2D eigenvalue weighted by atomic mass is 19.4. The molecule has 116 valence electrons. The van der Waals surface area contributed by atoms with Crippen molar-refractivity contribution in [1.29, 1.82) is 0 Å². The van der Waals surface area contributed by atoms with Gasteiger partial charge in [0.1, 0.15) is 24.0 Å². The van der Waals surface area contributed by atoms with Crippen molar-refractivity contribution < 1.29 is 22.3 Å². The van der Waals surface area contributed by atoms with Crippen LogP contribution >= 0.6 is 0 Å². The molecule has 0 spiro atoms. The van der Waals surface area contributed by atoms with Crippen molar-refractivity contribution in [1.82, 2.24) is 0 Å². The van der Waals surface area contributed by atoms with Crippen LogP contribution < -0.4 is 10.6 Å². The van der Waals surface area contributed by atoms with Crippen LogP contribution in [0.15, 0.2) is 23.2 Å². The first-order valence-corrected chi connectivity index (χ1v) is 6.39. The van der Waals surface area contributed by atoms with Crippen LogP contribution in [0.2, 0.25) is 0 Å². The fourth-order valence-corrected chi connectivity index (χ4v) is 2.24. The van der Waals surface area contributed by atoms with Crippen molar-refractivity contribution in [2.75, 3.05) is 24.6 Å². The SMILES string of the molecule is CCN(C[C@@H]1COC(N)=N1)c1cccc(F)c1C(F)(F)F. The van der Waals surface area contributed by atoms with E-state index in [9.17, 15) is 17.6 Å². The molecule has 0 amide bonds. The minimum absolute atomic E-state index is 0.0198. The first-order valence-electron chi connectivity index (χ1n) is 6.39. The van der Waals surface area contributed by atoms with Gasteiger partial charge in [0.25, 0.3) is 6.02 Å². The maximum absolute atomic E-state index is 13.6. The lowest BCUT2D eigenvalue weighted by Gasteiger charge is -2.27. The van der Waals surface area contributed by atoms with Crippen molar-refractivity contribution in [3.63, 3.8) is 0 Å². The fraction of sp³-hybridized carbons (Fsp3) is 0.462. The zero-order chi connectivity index (χ0) is 15.6. The molecular weight excluding hydrogens is 290 g/mol. The molecule has 8 heteroatoms. The van der Waals surface area contributed by atoms with Crippen LogP contribution in [0.3, 0.4) is 0 Å². The number of hydrogen-bond donors (Lipinski definition) is 1. The number of likely N-dealkylation sites (N-methyl/N-ethyl adjacent to an activating group) is 1. The topological polar surface area (TPSA) is 50.9 Å². The zero-order valence-electron chi connectivity index (χ0n) is 11.3. The molecule has 2 N–H and O–H groups in total. The second kappa shape index (κ2) is 5.79. The summed E-state index contributed by atoms with van der Waals surface area (Å²) in [5, 5.41) is 0. The summed E-state index contributed by atoms with van der Waals surface area (Å²) in [5.74, 6) is -1.29. The van der Waals surface area contributed by atoms with Crippen molar-refractivity contribution in [2.24, 2.45) is 10.7 Å². The van der Waals surface area contributed by atoms with Gasteiger partial charge >= 0.3 is 6.18 Å². The minimum Gasteiger partial charge on any atom is -0.463 e. The number of ether oxygens (including phenoxy) is 1. The van der Waals surface area contributed by atoms with Crippen LogP contribution in [-0.4, -0.2) is 31.8 Å². The third-order valence-corrected chi connectivity index (χ3v) is 3.16. The zero-order valence-corrected chi connectivity index (χ0v) is 11.3. The van der Waals surface area contributed by atoms with Crippen LogP contribution in [0.5, 0.6) is 0 Å². The molecule has 4 nitrogen and oxygen atoms in total. The van der Waals surface area contributed by atoms with E-state index in [0.717, 1.165) is 6.07 Å². The number of nitrogens with two attached hydrogens (primary N) is 1. The summed E-state index contributed by atoms with van der Waals surface area (Å²) in [6, 6.07) is 2.96. The number of hydrogen-bond acceptors (Lipinski definition) is 4. The summed E-state index contributed by atoms with van der Waals surface area (Å²) in [4.78, 5) is 5.39.